The van der Waals surface area contributed by atoms with Crippen LogP contribution in [0.15, 0.2) is 30.3 Å². The molecule has 1 aromatic carbocycles. The molecule has 1 amide bonds. The Morgan fingerprint density at radius 1 is 1.37 bits per heavy atom. The normalized spacial score (nSPS) is 10.5. The van der Waals surface area contributed by atoms with E-state index in [-0.39, 0.29) is 18.0 Å². The van der Waals surface area contributed by atoms with Gasteiger partial charge in [0.1, 0.15) is 5.82 Å². The number of amides is 1. The van der Waals surface area contributed by atoms with Crippen LogP contribution in [0.3, 0.4) is 0 Å². The standard InChI is InChI=1S/C14H13FN2O2/c1-8-13(14(16)19)12(6-11(7-18)17-8)9-2-4-10(15)5-3-9/h2-6,18H,7H2,1H3,(H2,16,19). The fraction of sp³-hybridized carbons (Fsp3) is 0.143. The number of halogens is 1. The summed E-state index contributed by atoms with van der Waals surface area (Å²) in [6.07, 6.45) is 0. The minimum atomic E-state index is -0.603. The van der Waals surface area contributed by atoms with Crippen molar-refractivity contribution >= 4 is 5.91 Å². The van der Waals surface area contributed by atoms with Crippen LogP contribution < -0.4 is 5.73 Å². The van der Waals surface area contributed by atoms with E-state index in [0.29, 0.717) is 22.5 Å². The first-order valence-electron chi connectivity index (χ1n) is 5.70. The second-order valence-corrected chi connectivity index (χ2v) is 4.15. The number of rotatable bonds is 3. The Kier molecular flexibility index (Phi) is 3.57. The van der Waals surface area contributed by atoms with Crippen LogP contribution in [0.2, 0.25) is 0 Å². The summed E-state index contributed by atoms with van der Waals surface area (Å²) < 4.78 is 12.9. The fourth-order valence-corrected chi connectivity index (χ4v) is 1.99. The maximum atomic E-state index is 12.9. The summed E-state index contributed by atoms with van der Waals surface area (Å²) in [6, 6.07) is 7.29. The summed E-state index contributed by atoms with van der Waals surface area (Å²) in [7, 11) is 0. The summed E-state index contributed by atoms with van der Waals surface area (Å²) in [5.74, 6) is -0.966. The number of benzene rings is 1. The number of pyridine rings is 1. The highest BCUT2D eigenvalue weighted by molar-refractivity contribution is 6.00. The Balaban J connectivity index is 2.68. The fourth-order valence-electron chi connectivity index (χ4n) is 1.99. The molecule has 0 saturated carbocycles. The van der Waals surface area contributed by atoms with Gasteiger partial charge in [0, 0.05) is 0 Å². The molecular formula is C14H13FN2O2. The van der Waals surface area contributed by atoms with Gasteiger partial charge in [-0.05, 0) is 36.2 Å². The smallest absolute Gasteiger partial charge is 0.251 e. The number of nitrogens with two attached hydrogens (primary N) is 1. The molecule has 98 valence electrons. The van der Waals surface area contributed by atoms with E-state index in [4.69, 9.17) is 10.8 Å². The van der Waals surface area contributed by atoms with Crippen molar-refractivity contribution in [2.24, 2.45) is 5.73 Å². The molecule has 0 aliphatic rings. The Morgan fingerprint density at radius 3 is 2.53 bits per heavy atom. The van der Waals surface area contributed by atoms with Crippen molar-refractivity contribution < 1.29 is 14.3 Å². The number of aromatic nitrogens is 1. The Labute approximate surface area is 109 Å². The molecule has 1 heterocycles. The molecule has 0 radical (unpaired) electrons. The molecule has 0 spiro atoms. The number of nitrogens with zero attached hydrogens (tertiary/aromatic N) is 1. The summed E-state index contributed by atoms with van der Waals surface area (Å²) >= 11 is 0. The number of hydrogen-bond acceptors (Lipinski definition) is 3. The molecule has 0 unspecified atom stereocenters. The van der Waals surface area contributed by atoms with Gasteiger partial charge in [0.15, 0.2) is 0 Å². The van der Waals surface area contributed by atoms with Crippen LogP contribution in [0, 0.1) is 12.7 Å². The monoisotopic (exact) mass is 260 g/mol. The van der Waals surface area contributed by atoms with Crippen molar-refractivity contribution in [1.82, 2.24) is 4.98 Å². The molecule has 0 saturated heterocycles. The van der Waals surface area contributed by atoms with Crippen molar-refractivity contribution in [3.05, 3.63) is 53.1 Å². The van der Waals surface area contributed by atoms with E-state index >= 15 is 0 Å². The van der Waals surface area contributed by atoms with Gasteiger partial charge in [0.2, 0.25) is 0 Å². The minimum absolute atomic E-state index is 0.242. The highest BCUT2D eigenvalue weighted by Gasteiger charge is 2.15. The topological polar surface area (TPSA) is 76.2 Å². The quantitative estimate of drug-likeness (QED) is 0.883. The van der Waals surface area contributed by atoms with Crippen LogP contribution >= 0.6 is 0 Å². The largest absolute Gasteiger partial charge is 0.390 e. The number of aliphatic hydroxyl groups excluding tert-OH is 1. The number of aryl methyl sites for hydroxylation is 1. The van der Waals surface area contributed by atoms with Gasteiger partial charge < -0.3 is 10.8 Å². The van der Waals surface area contributed by atoms with Crippen molar-refractivity contribution in [2.75, 3.05) is 0 Å². The molecule has 2 rings (SSSR count). The molecule has 3 N–H and O–H groups in total. The van der Waals surface area contributed by atoms with E-state index in [9.17, 15) is 9.18 Å². The molecule has 0 aliphatic heterocycles. The lowest BCUT2D eigenvalue weighted by molar-refractivity contribution is 0.1000. The van der Waals surface area contributed by atoms with E-state index < -0.39 is 5.91 Å². The zero-order valence-corrected chi connectivity index (χ0v) is 10.4. The zero-order chi connectivity index (χ0) is 14.0. The van der Waals surface area contributed by atoms with Crippen molar-refractivity contribution in [2.45, 2.75) is 13.5 Å². The molecule has 1 aromatic heterocycles. The predicted octanol–water partition coefficient (Wildman–Crippen LogP) is 1.79. The molecule has 5 heteroatoms. The van der Waals surface area contributed by atoms with Gasteiger partial charge in [-0.25, -0.2) is 4.39 Å². The SMILES string of the molecule is Cc1nc(CO)cc(-c2ccc(F)cc2)c1C(N)=O. The maximum Gasteiger partial charge on any atom is 0.251 e. The van der Waals surface area contributed by atoms with Gasteiger partial charge in [-0.15, -0.1) is 0 Å². The van der Waals surface area contributed by atoms with Crippen molar-refractivity contribution in [3.8, 4) is 11.1 Å². The van der Waals surface area contributed by atoms with Crippen molar-refractivity contribution in [3.63, 3.8) is 0 Å². The highest BCUT2D eigenvalue weighted by Crippen LogP contribution is 2.26. The third-order valence-corrected chi connectivity index (χ3v) is 2.82. The van der Waals surface area contributed by atoms with Gasteiger partial charge in [0.25, 0.3) is 5.91 Å². The Bertz CT molecular complexity index is 624. The number of carbonyl (C=O) groups is 1. The second kappa shape index (κ2) is 5.16. The average molecular weight is 260 g/mol. The number of aliphatic hydroxyl groups is 1. The van der Waals surface area contributed by atoms with Gasteiger partial charge in [-0.2, -0.15) is 0 Å². The summed E-state index contributed by atoms with van der Waals surface area (Å²) in [5, 5.41) is 9.17. The van der Waals surface area contributed by atoms with Crippen LogP contribution in [0.5, 0.6) is 0 Å². The zero-order valence-electron chi connectivity index (χ0n) is 10.4. The van der Waals surface area contributed by atoms with Crippen LogP contribution in [0.4, 0.5) is 4.39 Å². The Morgan fingerprint density at radius 2 is 2.00 bits per heavy atom. The van der Waals surface area contributed by atoms with E-state index in [1.807, 2.05) is 0 Å². The molecule has 0 atom stereocenters. The molecule has 4 nitrogen and oxygen atoms in total. The summed E-state index contributed by atoms with van der Waals surface area (Å²) in [5.41, 5.74) is 7.71. The van der Waals surface area contributed by atoms with E-state index in [1.165, 1.54) is 12.1 Å². The minimum Gasteiger partial charge on any atom is -0.390 e. The number of primary amides is 1. The number of carbonyl (C=O) groups excluding carboxylic acids is 1. The molecule has 19 heavy (non-hydrogen) atoms. The molecule has 0 fully saturated rings. The van der Waals surface area contributed by atoms with Gasteiger partial charge in [-0.3, -0.25) is 9.78 Å². The predicted molar refractivity (Wildman–Crippen MR) is 68.8 cm³/mol. The first-order chi connectivity index (χ1) is 9.02. The third-order valence-electron chi connectivity index (χ3n) is 2.82. The Hall–Kier alpha value is -2.27. The first-order valence-corrected chi connectivity index (χ1v) is 5.70. The highest BCUT2D eigenvalue weighted by atomic mass is 19.1. The van der Waals surface area contributed by atoms with E-state index in [0.717, 1.165) is 0 Å². The van der Waals surface area contributed by atoms with Crippen molar-refractivity contribution in [1.29, 1.82) is 0 Å². The molecule has 0 aliphatic carbocycles. The van der Waals surface area contributed by atoms with Crippen LogP contribution in [0.25, 0.3) is 11.1 Å². The van der Waals surface area contributed by atoms with Crippen LogP contribution in [0.1, 0.15) is 21.7 Å². The van der Waals surface area contributed by atoms with Crippen LogP contribution in [-0.4, -0.2) is 16.0 Å². The lowest BCUT2D eigenvalue weighted by atomic mass is 9.97. The lowest BCUT2D eigenvalue weighted by Gasteiger charge is -2.11. The van der Waals surface area contributed by atoms with Gasteiger partial charge in [0.05, 0.1) is 23.6 Å². The molecule has 2 aromatic rings. The van der Waals surface area contributed by atoms with Gasteiger partial charge >= 0.3 is 0 Å². The van der Waals surface area contributed by atoms with E-state index in [2.05, 4.69) is 4.98 Å². The van der Waals surface area contributed by atoms with Crippen LogP contribution in [-0.2, 0) is 6.61 Å². The number of hydrogen-bond donors (Lipinski definition) is 2. The summed E-state index contributed by atoms with van der Waals surface area (Å²) in [4.78, 5) is 15.6. The second-order valence-electron chi connectivity index (χ2n) is 4.15. The maximum absolute atomic E-state index is 12.9. The lowest BCUT2D eigenvalue weighted by Crippen LogP contribution is -2.16. The van der Waals surface area contributed by atoms with E-state index in [1.54, 1.807) is 25.1 Å². The third kappa shape index (κ3) is 2.61. The summed E-state index contributed by atoms with van der Waals surface area (Å²) in [6.45, 7) is 1.40. The molecule has 0 bridgehead atoms. The average Bonchev–Trinajstić information content (AvgIpc) is 2.38. The first kappa shape index (κ1) is 13.2. The van der Waals surface area contributed by atoms with Gasteiger partial charge in [-0.1, -0.05) is 12.1 Å². The molecular weight excluding hydrogens is 247 g/mol.